The highest BCUT2D eigenvalue weighted by Gasteiger charge is 2.11. The number of benzene rings is 3. The van der Waals surface area contributed by atoms with Gasteiger partial charge in [-0.2, -0.15) is 0 Å². The van der Waals surface area contributed by atoms with Gasteiger partial charge in [-0.05, 0) is 66.7 Å². The summed E-state index contributed by atoms with van der Waals surface area (Å²) in [6.07, 6.45) is 1.76. The Morgan fingerprint density at radius 1 is 0.906 bits per heavy atom. The van der Waals surface area contributed by atoms with Crippen molar-refractivity contribution in [2.45, 2.75) is 0 Å². The molecule has 2 aromatic heterocycles. The van der Waals surface area contributed by atoms with Crippen molar-refractivity contribution in [2.75, 3.05) is 0 Å². The summed E-state index contributed by atoms with van der Waals surface area (Å²) in [5, 5.41) is 27.8. The lowest BCUT2D eigenvalue weighted by atomic mass is 10.1. The van der Waals surface area contributed by atoms with Crippen LogP contribution in [0.2, 0.25) is 0 Å². The highest BCUT2D eigenvalue weighted by atomic mass is 16.5. The normalized spacial score (nSPS) is 10.9. The number of hydrogen-bond donors (Lipinski definition) is 2. The molecule has 3 aromatic carbocycles. The topological polar surface area (TPSA) is 110 Å². The molecule has 8 heteroatoms. The molecule has 156 valence electrons. The van der Waals surface area contributed by atoms with Gasteiger partial charge in [-0.1, -0.05) is 17.3 Å². The number of hydrogen-bond acceptors (Lipinski definition) is 6. The molecular formula is C24H16N4O4. The smallest absolute Gasteiger partial charge is 0.335 e. The first kappa shape index (κ1) is 19.3. The summed E-state index contributed by atoms with van der Waals surface area (Å²) in [6, 6.07) is 22.2. The van der Waals surface area contributed by atoms with E-state index in [2.05, 4.69) is 15.3 Å². The maximum atomic E-state index is 11.2. The molecule has 2 heterocycles. The Hall–Kier alpha value is -4.72. The summed E-state index contributed by atoms with van der Waals surface area (Å²) in [7, 11) is 0. The predicted molar refractivity (Wildman–Crippen MR) is 117 cm³/mol. The Labute approximate surface area is 182 Å². The molecule has 0 aliphatic rings. The summed E-state index contributed by atoms with van der Waals surface area (Å²) >= 11 is 0. The maximum absolute atomic E-state index is 11.2. The molecule has 0 fully saturated rings. The van der Waals surface area contributed by atoms with Crippen molar-refractivity contribution in [3.8, 4) is 34.3 Å². The van der Waals surface area contributed by atoms with Crippen LogP contribution >= 0.6 is 0 Å². The van der Waals surface area contributed by atoms with Gasteiger partial charge in [0, 0.05) is 5.39 Å². The summed E-state index contributed by atoms with van der Waals surface area (Å²) in [5.74, 6) is 0.160. The fourth-order valence-electron chi connectivity index (χ4n) is 3.29. The van der Waals surface area contributed by atoms with E-state index < -0.39 is 5.97 Å². The van der Waals surface area contributed by atoms with Gasteiger partial charge in [-0.3, -0.25) is 0 Å². The number of phenols is 1. The Kier molecular flexibility index (Phi) is 4.72. The number of pyridine rings is 1. The van der Waals surface area contributed by atoms with Gasteiger partial charge < -0.3 is 14.9 Å². The molecule has 0 aliphatic heterocycles. The second kappa shape index (κ2) is 7.84. The molecule has 0 saturated heterocycles. The first-order valence-corrected chi connectivity index (χ1v) is 9.70. The molecule has 8 nitrogen and oxygen atoms in total. The monoisotopic (exact) mass is 424 g/mol. The molecule has 5 aromatic rings. The van der Waals surface area contributed by atoms with Crippen molar-refractivity contribution < 1.29 is 19.7 Å². The molecule has 0 unspecified atom stereocenters. The van der Waals surface area contributed by atoms with E-state index in [0.29, 0.717) is 28.4 Å². The van der Waals surface area contributed by atoms with Crippen LogP contribution in [-0.4, -0.2) is 36.2 Å². The molecule has 0 bridgehead atoms. The zero-order valence-electron chi connectivity index (χ0n) is 16.6. The SMILES string of the molecule is O=C(O)c1cccc(Oc2cccc3nc(-c4cn(-c5ccc(O)cc5)nn4)ccc23)c1. The quantitative estimate of drug-likeness (QED) is 0.421. The second-order valence-corrected chi connectivity index (χ2v) is 7.02. The fourth-order valence-corrected chi connectivity index (χ4v) is 3.29. The summed E-state index contributed by atoms with van der Waals surface area (Å²) in [5.41, 5.74) is 2.86. The minimum Gasteiger partial charge on any atom is -0.508 e. The molecule has 32 heavy (non-hydrogen) atoms. The standard InChI is InChI=1S/C24H16N4O4/c29-17-9-7-16(8-10-17)28-14-22(26-27-28)21-12-11-19-20(25-21)5-2-6-23(19)32-18-4-1-3-15(13-18)24(30)31/h1-14,29H,(H,30,31). The molecular weight excluding hydrogens is 408 g/mol. The van der Waals surface area contributed by atoms with Gasteiger partial charge in [-0.15, -0.1) is 5.10 Å². The number of carboxylic acids is 1. The highest BCUT2D eigenvalue weighted by Crippen LogP contribution is 2.31. The molecule has 5 rings (SSSR count). The number of fused-ring (bicyclic) bond motifs is 1. The summed E-state index contributed by atoms with van der Waals surface area (Å²) < 4.78 is 7.55. The van der Waals surface area contributed by atoms with Gasteiger partial charge >= 0.3 is 5.97 Å². The zero-order chi connectivity index (χ0) is 22.1. The van der Waals surface area contributed by atoms with E-state index in [1.54, 1.807) is 53.3 Å². The lowest BCUT2D eigenvalue weighted by Crippen LogP contribution is -1.96. The van der Waals surface area contributed by atoms with E-state index in [1.807, 2.05) is 24.3 Å². The van der Waals surface area contributed by atoms with Gasteiger partial charge in [0.1, 0.15) is 22.9 Å². The van der Waals surface area contributed by atoms with Crippen LogP contribution in [0.3, 0.4) is 0 Å². The van der Waals surface area contributed by atoms with Gasteiger partial charge in [0.05, 0.1) is 28.7 Å². The number of aromatic hydroxyl groups is 1. The van der Waals surface area contributed by atoms with Crippen molar-refractivity contribution in [1.29, 1.82) is 0 Å². The van der Waals surface area contributed by atoms with E-state index in [9.17, 15) is 15.0 Å². The average Bonchev–Trinajstić information content (AvgIpc) is 3.30. The Morgan fingerprint density at radius 2 is 1.72 bits per heavy atom. The molecule has 0 amide bonds. The number of aromatic nitrogens is 4. The van der Waals surface area contributed by atoms with E-state index in [-0.39, 0.29) is 11.3 Å². The average molecular weight is 424 g/mol. The van der Waals surface area contributed by atoms with Gasteiger partial charge in [0.2, 0.25) is 0 Å². The lowest BCUT2D eigenvalue weighted by Gasteiger charge is -2.10. The lowest BCUT2D eigenvalue weighted by molar-refractivity contribution is 0.0696. The van der Waals surface area contributed by atoms with E-state index in [1.165, 1.54) is 12.1 Å². The number of carbonyl (C=O) groups is 1. The van der Waals surface area contributed by atoms with Crippen LogP contribution in [0.1, 0.15) is 10.4 Å². The third-order valence-corrected chi connectivity index (χ3v) is 4.87. The fraction of sp³-hybridized carbons (Fsp3) is 0. The van der Waals surface area contributed by atoms with Crippen molar-refractivity contribution in [1.82, 2.24) is 20.0 Å². The molecule has 0 spiro atoms. The van der Waals surface area contributed by atoms with Crippen LogP contribution in [-0.2, 0) is 0 Å². The van der Waals surface area contributed by atoms with E-state index in [0.717, 1.165) is 11.1 Å². The number of nitrogens with zero attached hydrogens (tertiary/aromatic N) is 4. The van der Waals surface area contributed by atoms with Crippen LogP contribution in [0.15, 0.2) is 85.1 Å². The van der Waals surface area contributed by atoms with Gasteiger partial charge in [-0.25, -0.2) is 14.5 Å². The molecule has 2 N–H and O–H groups in total. The molecule has 0 saturated carbocycles. The van der Waals surface area contributed by atoms with Crippen LogP contribution in [0, 0.1) is 0 Å². The summed E-state index contributed by atoms with van der Waals surface area (Å²) in [6.45, 7) is 0. The van der Waals surface area contributed by atoms with Crippen LogP contribution in [0.5, 0.6) is 17.2 Å². The third kappa shape index (κ3) is 3.72. The zero-order valence-corrected chi connectivity index (χ0v) is 16.6. The van der Waals surface area contributed by atoms with Gasteiger partial charge in [0.25, 0.3) is 0 Å². The Balaban J connectivity index is 1.46. The van der Waals surface area contributed by atoms with Gasteiger partial charge in [0.15, 0.2) is 0 Å². The number of carboxylic acid groups (broad SMARTS) is 1. The van der Waals surface area contributed by atoms with Crippen molar-refractivity contribution in [2.24, 2.45) is 0 Å². The van der Waals surface area contributed by atoms with Crippen molar-refractivity contribution in [3.63, 3.8) is 0 Å². The Morgan fingerprint density at radius 3 is 2.53 bits per heavy atom. The van der Waals surface area contributed by atoms with Crippen molar-refractivity contribution >= 4 is 16.9 Å². The minimum atomic E-state index is -1.01. The highest BCUT2D eigenvalue weighted by molar-refractivity contribution is 5.89. The van der Waals surface area contributed by atoms with E-state index in [4.69, 9.17) is 4.74 Å². The number of ether oxygens (including phenoxy) is 1. The number of aromatic carboxylic acids is 1. The van der Waals surface area contributed by atoms with Crippen molar-refractivity contribution in [3.05, 3.63) is 90.6 Å². The Bertz CT molecular complexity index is 1440. The number of phenolic OH excluding ortho intramolecular Hbond substituents is 1. The molecule has 0 radical (unpaired) electrons. The van der Waals surface area contributed by atoms with Crippen LogP contribution in [0.25, 0.3) is 28.0 Å². The second-order valence-electron chi connectivity index (χ2n) is 7.02. The first-order chi connectivity index (χ1) is 15.6. The first-order valence-electron chi connectivity index (χ1n) is 9.70. The molecule has 0 atom stereocenters. The third-order valence-electron chi connectivity index (χ3n) is 4.87. The summed E-state index contributed by atoms with van der Waals surface area (Å²) in [4.78, 5) is 15.9. The molecule has 0 aliphatic carbocycles. The van der Waals surface area contributed by atoms with Crippen LogP contribution in [0.4, 0.5) is 0 Å². The largest absolute Gasteiger partial charge is 0.508 e. The van der Waals surface area contributed by atoms with Crippen LogP contribution < -0.4 is 4.74 Å². The minimum absolute atomic E-state index is 0.153. The maximum Gasteiger partial charge on any atom is 0.335 e. The predicted octanol–water partition coefficient (Wildman–Crippen LogP) is 4.68. The van der Waals surface area contributed by atoms with E-state index >= 15 is 0 Å². The number of rotatable bonds is 5.